The second kappa shape index (κ2) is 5.61. The maximum Gasteiger partial charge on any atom is 0.407 e. The third kappa shape index (κ3) is 3.26. The summed E-state index contributed by atoms with van der Waals surface area (Å²) < 4.78 is 5.19. The van der Waals surface area contributed by atoms with Crippen LogP contribution in [0.25, 0.3) is 0 Å². The van der Waals surface area contributed by atoms with E-state index in [0.29, 0.717) is 0 Å². The van der Waals surface area contributed by atoms with E-state index in [0.717, 1.165) is 18.4 Å². The zero-order chi connectivity index (χ0) is 13.9. The van der Waals surface area contributed by atoms with Crippen LogP contribution in [-0.2, 0) is 11.3 Å². The summed E-state index contributed by atoms with van der Waals surface area (Å²) in [5, 5.41) is 12.7. The highest BCUT2D eigenvalue weighted by Gasteiger charge is 2.43. The molecule has 0 aromatic heterocycles. The van der Waals surface area contributed by atoms with Crippen molar-refractivity contribution in [2.24, 2.45) is 5.41 Å². The molecule has 1 aromatic rings. The summed E-state index contributed by atoms with van der Waals surface area (Å²) in [6.07, 6.45) is 0.716. The number of ether oxygens (including phenoxy) is 1. The summed E-state index contributed by atoms with van der Waals surface area (Å²) in [4.78, 5) is 11.8. The van der Waals surface area contributed by atoms with E-state index in [9.17, 15) is 9.90 Å². The van der Waals surface area contributed by atoms with Gasteiger partial charge in [0.15, 0.2) is 0 Å². The first-order chi connectivity index (χ1) is 9.00. The van der Waals surface area contributed by atoms with Crippen LogP contribution in [0, 0.1) is 5.41 Å². The Hall–Kier alpha value is -1.55. The van der Waals surface area contributed by atoms with Crippen LogP contribution in [0.1, 0.15) is 32.3 Å². The van der Waals surface area contributed by atoms with Gasteiger partial charge in [-0.3, -0.25) is 0 Å². The fraction of sp³-hybridized carbons (Fsp3) is 0.533. The lowest BCUT2D eigenvalue weighted by molar-refractivity contribution is 0.0612. The highest BCUT2D eigenvalue weighted by molar-refractivity contribution is 5.67. The zero-order valence-electron chi connectivity index (χ0n) is 11.4. The van der Waals surface area contributed by atoms with Crippen LogP contribution in [0.15, 0.2) is 30.3 Å². The monoisotopic (exact) mass is 263 g/mol. The molecule has 4 heteroatoms. The maximum absolute atomic E-state index is 11.8. The Morgan fingerprint density at radius 3 is 2.63 bits per heavy atom. The van der Waals surface area contributed by atoms with Crippen LogP contribution in [0.2, 0.25) is 0 Å². The number of rotatable bonds is 3. The molecular formula is C15H21NO3. The van der Waals surface area contributed by atoms with Crippen molar-refractivity contribution < 1.29 is 14.6 Å². The number of aliphatic hydroxyl groups excluding tert-OH is 1. The van der Waals surface area contributed by atoms with Crippen LogP contribution in [-0.4, -0.2) is 23.3 Å². The van der Waals surface area contributed by atoms with Gasteiger partial charge >= 0.3 is 6.09 Å². The average molecular weight is 263 g/mol. The number of benzene rings is 1. The molecule has 104 valence electrons. The molecule has 0 unspecified atom stereocenters. The Balaban J connectivity index is 1.82. The minimum absolute atomic E-state index is 0.0363. The third-order valence-corrected chi connectivity index (χ3v) is 3.99. The number of amides is 1. The number of nitrogens with one attached hydrogen (secondary N) is 1. The molecule has 19 heavy (non-hydrogen) atoms. The second-order valence-corrected chi connectivity index (χ2v) is 5.67. The lowest BCUT2D eigenvalue weighted by Crippen LogP contribution is -2.45. The summed E-state index contributed by atoms with van der Waals surface area (Å²) in [7, 11) is 0. The SMILES string of the molecule is CC1(C)[C@H](O)CC[C@H]1NC(=O)OCc1ccccc1. The molecule has 0 heterocycles. The first-order valence-electron chi connectivity index (χ1n) is 6.65. The summed E-state index contributed by atoms with van der Waals surface area (Å²) in [6, 6.07) is 9.53. The van der Waals surface area contributed by atoms with Crippen molar-refractivity contribution in [3.05, 3.63) is 35.9 Å². The predicted octanol–water partition coefficient (Wildman–Crippen LogP) is 2.46. The second-order valence-electron chi connectivity index (χ2n) is 5.67. The van der Waals surface area contributed by atoms with Crippen molar-refractivity contribution in [2.75, 3.05) is 0 Å². The van der Waals surface area contributed by atoms with E-state index in [4.69, 9.17) is 4.74 Å². The minimum atomic E-state index is -0.420. The Bertz CT molecular complexity index is 430. The van der Waals surface area contributed by atoms with Crippen molar-refractivity contribution in [1.82, 2.24) is 5.32 Å². The predicted molar refractivity (Wildman–Crippen MR) is 72.6 cm³/mol. The summed E-state index contributed by atoms with van der Waals surface area (Å²) >= 11 is 0. The van der Waals surface area contributed by atoms with E-state index < -0.39 is 6.09 Å². The fourth-order valence-corrected chi connectivity index (χ4v) is 2.47. The van der Waals surface area contributed by atoms with E-state index in [1.165, 1.54) is 0 Å². The largest absolute Gasteiger partial charge is 0.445 e. The van der Waals surface area contributed by atoms with Crippen molar-refractivity contribution >= 4 is 6.09 Å². The minimum Gasteiger partial charge on any atom is -0.445 e. The molecule has 0 spiro atoms. The lowest BCUT2D eigenvalue weighted by atomic mass is 9.85. The molecule has 0 saturated heterocycles. The number of carbonyl (C=O) groups excluding carboxylic acids is 1. The van der Waals surface area contributed by atoms with Crippen molar-refractivity contribution in [3.63, 3.8) is 0 Å². The van der Waals surface area contributed by atoms with Gasteiger partial charge in [-0.25, -0.2) is 4.79 Å². The number of aliphatic hydroxyl groups is 1. The van der Waals surface area contributed by atoms with E-state index in [-0.39, 0.29) is 24.2 Å². The van der Waals surface area contributed by atoms with Gasteiger partial charge in [0.1, 0.15) is 6.61 Å². The Labute approximate surface area is 113 Å². The highest BCUT2D eigenvalue weighted by atomic mass is 16.5. The van der Waals surface area contributed by atoms with Gasteiger partial charge in [-0.15, -0.1) is 0 Å². The first-order valence-corrected chi connectivity index (χ1v) is 6.65. The molecule has 1 aromatic carbocycles. The van der Waals surface area contributed by atoms with E-state index >= 15 is 0 Å². The average Bonchev–Trinajstić information content (AvgIpc) is 2.64. The summed E-state index contributed by atoms with van der Waals surface area (Å²) in [6.45, 7) is 4.20. The first kappa shape index (κ1) is 13.9. The van der Waals surface area contributed by atoms with Gasteiger partial charge in [-0.2, -0.15) is 0 Å². The van der Waals surface area contributed by atoms with Crippen molar-refractivity contribution in [1.29, 1.82) is 0 Å². The molecule has 4 nitrogen and oxygen atoms in total. The molecule has 1 amide bonds. The topological polar surface area (TPSA) is 58.6 Å². The van der Waals surface area contributed by atoms with Crippen molar-refractivity contribution in [2.45, 2.75) is 45.4 Å². The van der Waals surface area contributed by atoms with Crippen LogP contribution >= 0.6 is 0 Å². The van der Waals surface area contributed by atoms with Gasteiger partial charge in [0.2, 0.25) is 0 Å². The number of alkyl carbamates (subject to hydrolysis) is 1. The normalized spacial score (nSPS) is 25.0. The van der Waals surface area contributed by atoms with Gasteiger partial charge < -0.3 is 15.2 Å². The zero-order valence-corrected chi connectivity index (χ0v) is 11.4. The Morgan fingerprint density at radius 2 is 2.05 bits per heavy atom. The number of hydrogen-bond donors (Lipinski definition) is 2. The quantitative estimate of drug-likeness (QED) is 0.880. The molecule has 1 fully saturated rings. The molecular weight excluding hydrogens is 242 g/mol. The van der Waals surface area contributed by atoms with Crippen LogP contribution in [0.3, 0.4) is 0 Å². The van der Waals surface area contributed by atoms with Crippen molar-refractivity contribution in [3.8, 4) is 0 Å². The molecule has 0 bridgehead atoms. The van der Waals surface area contributed by atoms with E-state index in [2.05, 4.69) is 5.32 Å². The number of hydrogen-bond acceptors (Lipinski definition) is 3. The van der Waals surface area contributed by atoms with Crippen LogP contribution in [0.5, 0.6) is 0 Å². The maximum atomic E-state index is 11.8. The van der Waals surface area contributed by atoms with Gasteiger partial charge in [0.05, 0.1) is 6.10 Å². The standard InChI is InChI=1S/C15H21NO3/c1-15(2)12(8-9-13(15)17)16-14(18)19-10-11-6-4-3-5-7-11/h3-7,12-13,17H,8-10H2,1-2H3,(H,16,18)/t12-,13-/m1/s1. The number of carbonyl (C=O) groups is 1. The molecule has 0 radical (unpaired) electrons. The van der Waals surface area contributed by atoms with Gasteiger partial charge in [-0.05, 0) is 18.4 Å². The highest BCUT2D eigenvalue weighted by Crippen LogP contribution is 2.37. The Morgan fingerprint density at radius 1 is 1.37 bits per heavy atom. The summed E-state index contributed by atoms with van der Waals surface area (Å²) in [5.41, 5.74) is 0.662. The molecule has 2 rings (SSSR count). The molecule has 1 aliphatic rings. The van der Waals surface area contributed by atoms with Crippen LogP contribution in [0.4, 0.5) is 4.79 Å². The van der Waals surface area contributed by atoms with Gasteiger partial charge in [-0.1, -0.05) is 44.2 Å². The molecule has 1 aliphatic carbocycles. The summed E-state index contributed by atoms with van der Waals surface area (Å²) in [5.74, 6) is 0. The van der Waals surface area contributed by atoms with E-state index in [1.807, 2.05) is 44.2 Å². The molecule has 2 atom stereocenters. The molecule has 2 N–H and O–H groups in total. The lowest BCUT2D eigenvalue weighted by Gasteiger charge is -2.30. The van der Waals surface area contributed by atoms with Crippen LogP contribution < -0.4 is 5.32 Å². The van der Waals surface area contributed by atoms with Gasteiger partial charge in [0.25, 0.3) is 0 Å². The smallest absolute Gasteiger partial charge is 0.407 e. The molecule has 1 saturated carbocycles. The molecule has 0 aliphatic heterocycles. The Kier molecular flexibility index (Phi) is 4.10. The fourth-order valence-electron chi connectivity index (χ4n) is 2.47. The van der Waals surface area contributed by atoms with Gasteiger partial charge in [0, 0.05) is 11.5 Å². The van der Waals surface area contributed by atoms with E-state index in [1.54, 1.807) is 0 Å². The third-order valence-electron chi connectivity index (χ3n) is 3.99.